The SMILES string of the molecule is CC(C)Cc1cccc(Cc2ccnc(N)c2)c1. The summed E-state index contributed by atoms with van der Waals surface area (Å²) in [6, 6.07) is 12.7. The molecule has 94 valence electrons. The standard InChI is InChI=1S/C16H20N2/c1-12(2)8-13-4-3-5-14(9-13)10-15-6-7-18-16(17)11-15/h3-7,9,11-12H,8,10H2,1-2H3,(H2,17,18). The molecule has 0 radical (unpaired) electrons. The lowest BCUT2D eigenvalue weighted by atomic mass is 9.98. The zero-order valence-electron chi connectivity index (χ0n) is 11.1. The van der Waals surface area contributed by atoms with Gasteiger partial charge in [-0.05, 0) is 47.6 Å². The molecule has 2 aromatic rings. The quantitative estimate of drug-likeness (QED) is 0.889. The van der Waals surface area contributed by atoms with E-state index in [1.54, 1.807) is 6.20 Å². The highest BCUT2D eigenvalue weighted by atomic mass is 14.8. The van der Waals surface area contributed by atoms with Crippen molar-refractivity contribution in [2.45, 2.75) is 26.7 Å². The lowest BCUT2D eigenvalue weighted by molar-refractivity contribution is 0.647. The average Bonchev–Trinajstić information content (AvgIpc) is 2.28. The minimum Gasteiger partial charge on any atom is -0.384 e. The van der Waals surface area contributed by atoms with Crippen molar-refractivity contribution in [1.82, 2.24) is 4.98 Å². The minimum atomic E-state index is 0.589. The molecule has 0 aliphatic carbocycles. The topological polar surface area (TPSA) is 38.9 Å². The molecule has 0 saturated heterocycles. The van der Waals surface area contributed by atoms with Gasteiger partial charge >= 0.3 is 0 Å². The van der Waals surface area contributed by atoms with Crippen LogP contribution in [-0.2, 0) is 12.8 Å². The Morgan fingerprint density at radius 2 is 1.78 bits per heavy atom. The highest BCUT2D eigenvalue weighted by Gasteiger charge is 2.01. The Balaban J connectivity index is 2.14. The van der Waals surface area contributed by atoms with Crippen LogP contribution >= 0.6 is 0 Å². The molecule has 0 atom stereocenters. The van der Waals surface area contributed by atoms with Gasteiger partial charge in [-0.3, -0.25) is 0 Å². The maximum atomic E-state index is 5.70. The van der Waals surface area contributed by atoms with E-state index < -0.39 is 0 Å². The largest absolute Gasteiger partial charge is 0.384 e. The van der Waals surface area contributed by atoms with Crippen molar-refractivity contribution in [2.75, 3.05) is 5.73 Å². The van der Waals surface area contributed by atoms with E-state index in [1.165, 1.54) is 16.7 Å². The molecule has 0 fully saturated rings. The number of hydrogen-bond acceptors (Lipinski definition) is 2. The summed E-state index contributed by atoms with van der Waals surface area (Å²) in [6.45, 7) is 4.49. The summed E-state index contributed by atoms with van der Waals surface area (Å²) < 4.78 is 0. The first-order valence-corrected chi connectivity index (χ1v) is 6.41. The third-order valence-electron chi connectivity index (χ3n) is 2.89. The van der Waals surface area contributed by atoms with Crippen LogP contribution in [-0.4, -0.2) is 4.98 Å². The molecule has 0 aliphatic heterocycles. The van der Waals surface area contributed by atoms with Crippen LogP contribution in [0.2, 0.25) is 0 Å². The van der Waals surface area contributed by atoms with Crippen molar-refractivity contribution in [1.29, 1.82) is 0 Å². The van der Waals surface area contributed by atoms with E-state index in [4.69, 9.17) is 5.73 Å². The highest BCUT2D eigenvalue weighted by Crippen LogP contribution is 2.14. The van der Waals surface area contributed by atoms with E-state index in [-0.39, 0.29) is 0 Å². The molecular formula is C16H20N2. The number of rotatable bonds is 4. The van der Waals surface area contributed by atoms with E-state index in [0.29, 0.717) is 11.7 Å². The van der Waals surface area contributed by atoms with E-state index in [0.717, 1.165) is 12.8 Å². The monoisotopic (exact) mass is 240 g/mol. The summed E-state index contributed by atoms with van der Waals surface area (Å²) in [5, 5.41) is 0. The molecular weight excluding hydrogens is 220 g/mol. The van der Waals surface area contributed by atoms with Crippen LogP contribution in [0.15, 0.2) is 42.6 Å². The summed E-state index contributed by atoms with van der Waals surface area (Å²) in [6.07, 6.45) is 3.81. The first kappa shape index (κ1) is 12.6. The molecule has 0 aliphatic rings. The van der Waals surface area contributed by atoms with Crippen LogP contribution in [0.1, 0.15) is 30.5 Å². The molecule has 1 aromatic heterocycles. The van der Waals surface area contributed by atoms with Crippen molar-refractivity contribution < 1.29 is 0 Å². The molecule has 0 spiro atoms. The Hall–Kier alpha value is -1.83. The van der Waals surface area contributed by atoms with Crippen molar-refractivity contribution in [2.24, 2.45) is 5.92 Å². The molecule has 1 heterocycles. The van der Waals surface area contributed by atoms with Crippen LogP contribution in [0, 0.1) is 5.92 Å². The van der Waals surface area contributed by atoms with E-state index in [1.807, 2.05) is 12.1 Å². The van der Waals surface area contributed by atoms with Crippen LogP contribution in [0.25, 0.3) is 0 Å². The van der Waals surface area contributed by atoms with Crippen molar-refractivity contribution >= 4 is 5.82 Å². The van der Waals surface area contributed by atoms with E-state index in [2.05, 4.69) is 43.1 Å². The molecule has 2 N–H and O–H groups in total. The van der Waals surface area contributed by atoms with Gasteiger partial charge in [0.1, 0.15) is 5.82 Å². The van der Waals surface area contributed by atoms with Crippen molar-refractivity contribution in [3.05, 3.63) is 59.3 Å². The van der Waals surface area contributed by atoms with Crippen LogP contribution in [0.3, 0.4) is 0 Å². The Kier molecular flexibility index (Phi) is 3.98. The molecule has 1 aromatic carbocycles. The normalized spacial score (nSPS) is 10.8. The van der Waals surface area contributed by atoms with Crippen LogP contribution in [0.4, 0.5) is 5.82 Å². The van der Waals surface area contributed by atoms with Gasteiger partial charge in [0.05, 0.1) is 0 Å². The maximum Gasteiger partial charge on any atom is 0.123 e. The number of nitrogen functional groups attached to an aromatic ring is 1. The van der Waals surface area contributed by atoms with Gasteiger partial charge in [-0.1, -0.05) is 38.1 Å². The lowest BCUT2D eigenvalue weighted by Crippen LogP contribution is -1.97. The minimum absolute atomic E-state index is 0.589. The molecule has 0 saturated carbocycles. The number of nitrogens with two attached hydrogens (primary N) is 1. The van der Waals surface area contributed by atoms with Gasteiger partial charge in [0.15, 0.2) is 0 Å². The first-order valence-electron chi connectivity index (χ1n) is 6.41. The third-order valence-corrected chi connectivity index (χ3v) is 2.89. The predicted octanol–water partition coefficient (Wildman–Crippen LogP) is 3.45. The van der Waals surface area contributed by atoms with Gasteiger partial charge in [-0.15, -0.1) is 0 Å². The zero-order chi connectivity index (χ0) is 13.0. The Bertz CT molecular complexity index is 518. The zero-order valence-corrected chi connectivity index (χ0v) is 11.1. The summed E-state index contributed by atoms with van der Waals surface area (Å²) >= 11 is 0. The van der Waals surface area contributed by atoms with Crippen LogP contribution in [0.5, 0.6) is 0 Å². The summed E-state index contributed by atoms with van der Waals surface area (Å²) in [5.41, 5.74) is 9.65. The second kappa shape index (κ2) is 5.67. The number of hydrogen-bond donors (Lipinski definition) is 1. The Morgan fingerprint density at radius 3 is 2.50 bits per heavy atom. The summed E-state index contributed by atoms with van der Waals surface area (Å²) in [4.78, 5) is 4.02. The van der Waals surface area contributed by atoms with Gasteiger partial charge in [0.25, 0.3) is 0 Å². The fourth-order valence-corrected chi connectivity index (χ4v) is 2.18. The van der Waals surface area contributed by atoms with Crippen molar-refractivity contribution in [3.63, 3.8) is 0 Å². The van der Waals surface area contributed by atoms with Crippen molar-refractivity contribution in [3.8, 4) is 0 Å². The molecule has 2 nitrogen and oxygen atoms in total. The van der Waals surface area contributed by atoms with E-state index in [9.17, 15) is 0 Å². The fraction of sp³-hybridized carbons (Fsp3) is 0.312. The maximum absolute atomic E-state index is 5.70. The number of benzene rings is 1. The number of anilines is 1. The number of nitrogens with zero attached hydrogens (tertiary/aromatic N) is 1. The first-order chi connectivity index (χ1) is 8.63. The van der Waals surface area contributed by atoms with Gasteiger partial charge in [0, 0.05) is 6.20 Å². The molecule has 0 amide bonds. The van der Waals surface area contributed by atoms with Gasteiger partial charge < -0.3 is 5.73 Å². The number of pyridine rings is 1. The predicted molar refractivity (Wildman–Crippen MR) is 76.4 cm³/mol. The van der Waals surface area contributed by atoms with Gasteiger partial charge in [-0.25, -0.2) is 4.98 Å². The third kappa shape index (κ3) is 3.59. The van der Waals surface area contributed by atoms with Gasteiger partial charge in [0.2, 0.25) is 0 Å². The molecule has 2 rings (SSSR count). The molecule has 2 heteroatoms. The molecule has 18 heavy (non-hydrogen) atoms. The average molecular weight is 240 g/mol. The summed E-state index contributed by atoms with van der Waals surface area (Å²) in [7, 11) is 0. The second-order valence-corrected chi connectivity index (χ2v) is 5.18. The Morgan fingerprint density at radius 1 is 1.06 bits per heavy atom. The van der Waals surface area contributed by atoms with E-state index >= 15 is 0 Å². The summed E-state index contributed by atoms with van der Waals surface area (Å²) in [5.74, 6) is 1.28. The Labute approximate surface area is 109 Å². The fourth-order valence-electron chi connectivity index (χ4n) is 2.18. The van der Waals surface area contributed by atoms with Crippen LogP contribution < -0.4 is 5.73 Å². The molecule has 0 bridgehead atoms. The lowest BCUT2D eigenvalue weighted by Gasteiger charge is -2.08. The second-order valence-electron chi connectivity index (χ2n) is 5.18. The number of aromatic nitrogens is 1. The molecule has 0 unspecified atom stereocenters. The smallest absolute Gasteiger partial charge is 0.123 e. The van der Waals surface area contributed by atoms with Gasteiger partial charge in [-0.2, -0.15) is 0 Å². The highest BCUT2D eigenvalue weighted by molar-refractivity contribution is 5.35.